The molecule has 4 rings (SSSR count). The number of carbonyl (C=O) groups is 1. The third-order valence-electron chi connectivity index (χ3n) is 5.08. The van der Waals surface area contributed by atoms with Crippen LogP contribution in [0.15, 0.2) is 70.0 Å². The van der Waals surface area contributed by atoms with Gasteiger partial charge in [0.1, 0.15) is 16.9 Å². The molecule has 0 spiro atoms. The summed E-state index contributed by atoms with van der Waals surface area (Å²) in [7, 11) is -3.81. The Morgan fingerprint density at radius 1 is 1.03 bits per heavy atom. The highest BCUT2D eigenvalue weighted by Crippen LogP contribution is 2.30. The lowest BCUT2D eigenvalue weighted by Gasteiger charge is -2.09. The third-order valence-corrected chi connectivity index (χ3v) is 6.46. The first-order chi connectivity index (χ1) is 14.9. The van der Waals surface area contributed by atoms with Gasteiger partial charge in [-0.3, -0.25) is 4.72 Å². The summed E-state index contributed by atoms with van der Waals surface area (Å²) in [5, 5.41) is 2.31. The van der Waals surface area contributed by atoms with Crippen molar-refractivity contribution in [2.75, 3.05) is 11.3 Å². The molecule has 0 atom stereocenters. The number of rotatable bonds is 7. The molecule has 7 heteroatoms. The molecule has 1 heterocycles. The van der Waals surface area contributed by atoms with Crippen molar-refractivity contribution >= 4 is 43.4 Å². The highest BCUT2D eigenvalue weighted by Gasteiger charge is 2.21. The Morgan fingerprint density at radius 2 is 1.81 bits per heavy atom. The number of hydrogen-bond donors (Lipinski definition) is 1. The van der Waals surface area contributed by atoms with Gasteiger partial charge in [-0.15, -0.1) is 0 Å². The van der Waals surface area contributed by atoms with Crippen LogP contribution in [0, 0.1) is 6.92 Å². The van der Waals surface area contributed by atoms with Gasteiger partial charge in [0, 0.05) is 11.1 Å². The van der Waals surface area contributed by atoms with Gasteiger partial charge in [0.15, 0.2) is 0 Å². The second-order valence-electron chi connectivity index (χ2n) is 7.35. The van der Waals surface area contributed by atoms with Gasteiger partial charge in [-0.05, 0) is 54.4 Å². The summed E-state index contributed by atoms with van der Waals surface area (Å²) in [4.78, 5) is 12.7. The summed E-state index contributed by atoms with van der Waals surface area (Å²) in [5.41, 5.74) is 1.15. The molecule has 0 saturated heterocycles. The van der Waals surface area contributed by atoms with Gasteiger partial charge >= 0.3 is 5.97 Å². The zero-order valence-corrected chi connectivity index (χ0v) is 18.2. The van der Waals surface area contributed by atoms with E-state index in [-0.39, 0.29) is 4.90 Å². The molecule has 0 amide bonds. The minimum Gasteiger partial charge on any atom is -0.462 e. The second kappa shape index (κ2) is 8.43. The molecule has 0 unspecified atom stereocenters. The number of carbonyl (C=O) groups excluding carboxylic acids is 1. The van der Waals surface area contributed by atoms with Crippen LogP contribution in [0.2, 0.25) is 0 Å². The van der Waals surface area contributed by atoms with Crippen LogP contribution in [-0.4, -0.2) is 21.0 Å². The van der Waals surface area contributed by atoms with E-state index in [2.05, 4.69) is 4.72 Å². The van der Waals surface area contributed by atoms with Gasteiger partial charge in [-0.1, -0.05) is 43.7 Å². The van der Waals surface area contributed by atoms with Crippen molar-refractivity contribution in [1.82, 2.24) is 0 Å². The second-order valence-corrected chi connectivity index (χ2v) is 9.03. The van der Waals surface area contributed by atoms with E-state index in [9.17, 15) is 13.2 Å². The van der Waals surface area contributed by atoms with Crippen molar-refractivity contribution in [2.45, 2.75) is 31.6 Å². The Labute approximate surface area is 180 Å². The molecular weight excluding hydrogens is 414 g/mol. The number of esters is 1. The van der Waals surface area contributed by atoms with E-state index in [4.69, 9.17) is 9.15 Å². The predicted octanol–water partition coefficient (Wildman–Crippen LogP) is 5.65. The van der Waals surface area contributed by atoms with Gasteiger partial charge in [-0.2, -0.15) is 0 Å². The molecule has 0 aliphatic carbocycles. The number of anilines is 1. The predicted molar refractivity (Wildman–Crippen MR) is 121 cm³/mol. The van der Waals surface area contributed by atoms with Gasteiger partial charge in [0.25, 0.3) is 10.0 Å². The van der Waals surface area contributed by atoms with Crippen molar-refractivity contribution in [3.8, 4) is 0 Å². The molecule has 1 aromatic heterocycles. The number of hydrogen-bond acceptors (Lipinski definition) is 5. The zero-order valence-electron chi connectivity index (χ0n) is 17.3. The minimum atomic E-state index is -3.81. The Hall–Kier alpha value is -3.32. The quantitative estimate of drug-likeness (QED) is 0.298. The topological polar surface area (TPSA) is 85.6 Å². The summed E-state index contributed by atoms with van der Waals surface area (Å²) in [6.45, 7) is 4.03. The van der Waals surface area contributed by atoms with E-state index in [1.807, 2.05) is 31.2 Å². The van der Waals surface area contributed by atoms with E-state index in [1.54, 1.807) is 43.3 Å². The molecule has 0 fully saturated rings. The number of sulfonamides is 1. The van der Waals surface area contributed by atoms with Crippen LogP contribution in [0.5, 0.6) is 0 Å². The lowest BCUT2D eigenvalue weighted by molar-refractivity contribution is 0.0500. The lowest BCUT2D eigenvalue weighted by Crippen LogP contribution is -2.13. The molecule has 0 bridgehead atoms. The maximum absolute atomic E-state index is 13.0. The number of fused-ring (bicyclic) bond motifs is 2. The summed E-state index contributed by atoms with van der Waals surface area (Å²) >= 11 is 0. The van der Waals surface area contributed by atoms with E-state index in [1.165, 1.54) is 0 Å². The lowest BCUT2D eigenvalue weighted by atomic mass is 10.1. The van der Waals surface area contributed by atoms with Crippen LogP contribution in [0.3, 0.4) is 0 Å². The molecule has 3 aromatic carbocycles. The van der Waals surface area contributed by atoms with Gasteiger partial charge in [-0.25, -0.2) is 13.2 Å². The van der Waals surface area contributed by atoms with Gasteiger partial charge in [0.05, 0.1) is 11.5 Å². The van der Waals surface area contributed by atoms with Crippen molar-refractivity contribution in [1.29, 1.82) is 0 Å². The minimum absolute atomic E-state index is 0.161. The Balaban J connectivity index is 1.66. The molecule has 1 N–H and O–H groups in total. The van der Waals surface area contributed by atoms with E-state index < -0.39 is 16.0 Å². The molecule has 160 valence electrons. The molecular formula is C24H23NO5S. The van der Waals surface area contributed by atoms with E-state index in [0.717, 1.165) is 23.6 Å². The number of nitrogens with one attached hydrogen (secondary N) is 1. The zero-order chi connectivity index (χ0) is 22.0. The molecule has 4 aromatic rings. The number of benzene rings is 3. The average molecular weight is 438 g/mol. The van der Waals surface area contributed by atoms with Crippen LogP contribution < -0.4 is 4.72 Å². The van der Waals surface area contributed by atoms with Crippen molar-refractivity contribution < 1.29 is 22.4 Å². The fourth-order valence-electron chi connectivity index (χ4n) is 3.47. The number of ether oxygens (including phenoxy) is 1. The molecule has 31 heavy (non-hydrogen) atoms. The first-order valence-electron chi connectivity index (χ1n) is 10.1. The maximum Gasteiger partial charge on any atom is 0.342 e. The SMILES string of the molecule is CCCCOC(=O)c1c(C)oc2ccc(NS(=O)(=O)c3ccc4ccccc4c3)cc12. The molecule has 0 saturated carbocycles. The fourth-order valence-corrected chi connectivity index (χ4v) is 4.55. The highest BCUT2D eigenvalue weighted by molar-refractivity contribution is 7.92. The van der Waals surface area contributed by atoms with Crippen molar-refractivity contribution in [3.05, 3.63) is 72.0 Å². The molecule has 0 radical (unpaired) electrons. The Morgan fingerprint density at radius 3 is 2.58 bits per heavy atom. The smallest absolute Gasteiger partial charge is 0.342 e. The number of furan rings is 1. The standard InChI is InChI=1S/C24H23NO5S/c1-3-4-13-29-24(26)23-16(2)30-22-12-10-19(15-21(22)23)25-31(27,28)20-11-9-17-7-5-6-8-18(17)14-20/h5-12,14-15,25H,3-4,13H2,1-2H3. The summed E-state index contributed by atoms with van der Waals surface area (Å²) in [5.74, 6) is -0.0368. The number of aryl methyl sites for hydroxylation is 1. The molecule has 0 aliphatic rings. The average Bonchev–Trinajstić information content (AvgIpc) is 3.08. The van der Waals surface area contributed by atoms with Gasteiger partial charge < -0.3 is 9.15 Å². The van der Waals surface area contributed by atoms with Crippen LogP contribution in [0.4, 0.5) is 5.69 Å². The Kier molecular flexibility index (Phi) is 5.69. The van der Waals surface area contributed by atoms with Gasteiger partial charge in [0.2, 0.25) is 0 Å². The third kappa shape index (κ3) is 4.27. The van der Waals surface area contributed by atoms with Crippen molar-refractivity contribution in [2.24, 2.45) is 0 Å². The van der Waals surface area contributed by atoms with Crippen LogP contribution in [0.1, 0.15) is 35.9 Å². The first kappa shape index (κ1) is 20.9. The fraction of sp³-hybridized carbons (Fsp3) is 0.208. The largest absolute Gasteiger partial charge is 0.462 e. The van der Waals surface area contributed by atoms with Crippen molar-refractivity contribution in [3.63, 3.8) is 0 Å². The normalized spacial score (nSPS) is 11.7. The number of unbranched alkanes of at least 4 members (excludes halogenated alkanes) is 1. The van der Waals surface area contributed by atoms with Crippen LogP contribution >= 0.6 is 0 Å². The van der Waals surface area contributed by atoms with E-state index in [0.29, 0.717) is 34.6 Å². The van der Waals surface area contributed by atoms with Crippen LogP contribution in [0.25, 0.3) is 21.7 Å². The van der Waals surface area contributed by atoms with Crippen LogP contribution in [-0.2, 0) is 14.8 Å². The van der Waals surface area contributed by atoms with E-state index >= 15 is 0 Å². The first-order valence-corrected chi connectivity index (χ1v) is 11.6. The summed E-state index contributed by atoms with van der Waals surface area (Å²) in [6, 6.07) is 17.4. The maximum atomic E-state index is 13.0. The monoisotopic (exact) mass is 437 g/mol. The molecule has 6 nitrogen and oxygen atoms in total. The summed E-state index contributed by atoms with van der Waals surface area (Å²) in [6.07, 6.45) is 1.69. The summed E-state index contributed by atoms with van der Waals surface area (Å²) < 4.78 is 39.5. The molecule has 0 aliphatic heterocycles. The Bertz CT molecular complexity index is 1370. The highest BCUT2D eigenvalue weighted by atomic mass is 32.2.